The van der Waals surface area contributed by atoms with Crippen LogP contribution in [0.4, 0.5) is 0 Å². The van der Waals surface area contributed by atoms with Gasteiger partial charge in [0, 0.05) is 18.5 Å². The van der Waals surface area contributed by atoms with Crippen molar-refractivity contribution in [1.82, 2.24) is 4.72 Å². The van der Waals surface area contributed by atoms with Crippen LogP contribution >= 0.6 is 0 Å². The largest absolute Gasteiger partial charge is 0.294 e. The van der Waals surface area contributed by atoms with Crippen LogP contribution in [-0.4, -0.2) is 20.7 Å². The molecule has 0 atom stereocenters. The number of benzene rings is 1. The average molecular weight is 297 g/mol. The van der Waals surface area contributed by atoms with Crippen molar-refractivity contribution in [3.05, 3.63) is 29.3 Å². The molecule has 1 rings (SSSR count). The number of nitrogens with one attached hydrogen (secondary N) is 1. The van der Waals surface area contributed by atoms with Gasteiger partial charge in [-0.05, 0) is 30.9 Å². The Morgan fingerprint density at radius 2 is 1.95 bits per heavy atom. The molecule has 0 aliphatic heterocycles. The van der Waals surface area contributed by atoms with E-state index in [0.717, 1.165) is 6.42 Å². The van der Waals surface area contributed by atoms with Crippen molar-refractivity contribution < 1.29 is 13.2 Å². The van der Waals surface area contributed by atoms with E-state index in [1.54, 1.807) is 26.0 Å². The zero-order valence-corrected chi connectivity index (χ0v) is 13.4. The van der Waals surface area contributed by atoms with Gasteiger partial charge in [0.15, 0.2) is 5.78 Å². The monoisotopic (exact) mass is 297 g/mol. The maximum absolute atomic E-state index is 12.3. The third kappa shape index (κ3) is 4.42. The predicted octanol–water partition coefficient (Wildman–Crippen LogP) is 2.91. The summed E-state index contributed by atoms with van der Waals surface area (Å²) in [6, 6.07) is 4.83. The summed E-state index contributed by atoms with van der Waals surface area (Å²) >= 11 is 0. The highest BCUT2D eigenvalue weighted by molar-refractivity contribution is 7.89. The maximum Gasteiger partial charge on any atom is 0.240 e. The zero-order chi connectivity index (χ0) is 15.3. The summed E-state index contributed by atoms with van der Waals surface area (Å²) < 4.78 is 27.1. The van der Waals surface area contributed by atoms with Gasteiger partial charge in [0.05, 0.1) is 4.90 Å². The first-order valence-electron chi connectivity index (χ1n) is 6.91. The zero-order valence-electron chi connectivity index (χ0n) is 12.6. The lowest BCUT2D eigenvalue weighted by Crippen LogP contribution is -2.26. The summed E-state index contributed by atoms with van der Waals surface area (Å²) in [5.74, 6) is 0.385. The molecule has 1 N–H and O–H groups in total. The molecule has 5 heteroatoms. The van der Waals surface area contributed by atoms with E-state index in [-0.39, 0.29) is 10.7 Å². The quantitative estimate of drug-likeness (QED) is 0.787. The van der Waals surface area contributed by atoms with Crippen molar-refractivity contribution in [3.8, 4) is 0 Å². The van der Waals surface area contributed by atoms with Crippen LogP contribution in [0.2, 0.25) is 0 Å². The van der Waals surface area contributed by atoms with Crippen LogP contribution in [0.3, 0.4) is 0 Å². The third-order valence-electron chi connectivity index (χ3n) is 3.13. The van der Waals surface area contributed by atoms with Gasteiger partial charge in [0.2, 0.25) is 10.0 Å². The number of ketones is 1. The Bertz CT molecular complexity index is 577. The van der Waals surface area contributed by atoms with Crippen LogP contribution in [0.5, 0.6) is 0 Å². The van der Waals surface area contributed by atoms with Gasteiger partial charge in [0.25, 0.3) is 0 Å². The normalized spacial score (nSPS) is 11.8. The van der Waals surface area contributed by atoms with E-state index in [1.807, 2.05) is 13.8 Å². The second kappa shape index (κ2) is 6.99. The standard InChI is InChI=1S/C15H23NO3S/c1-5-14(17)13-7-6-12(4)15(10-13)20(18,19)16-9-8-11(2)3/h6-7,10-11,16H,5,8-9H2,1-4H3. The molecule has 0 bridgehead atoms. The first kappa shape index (κ1) is 16.9. The highest BCUT2D eigenvalue weighted by Gasteiger charge is 2.18. The molecule has 0 amide bonds. The van der Waals surface area contributed by atoms with Crippen LogP contribution < -0.4 is 4.72 Å². The highest BCUT2D eigenvalue weighted by Crippen LogP contribution is 2.18. The molecule has 0 aliphatic carbocycles. The first-order valence-corrected chi connectivity index (χ1v) is 8.39. The van der Waals surface area contributed by atoms with E-state index in [0.29, 0.717) is 30.0 Å². The number of hydrogen-bond acceptors (Lipinski definition) is 3. The summed E-state index contributed by atoms with van der Waals surface area (Å²) in [4.78, 5) is 11.9. The Morgan fingerprint density at radius 1 is 1.30 bits per heavy atom. The number of hydrogen-bond donors (Lipinski definition) is 1. The fourth-order valence-corrected chi connectivity index (χ4v) is 3.14. The summed E-state index contributed by atoms with van der Waals surface area (Å²) in [5.41, 5.74) is 1.09. The van der Waals surface area contributed by atoms with Gasteiger partial charge in [-0.15, -0.1) is 0 Å². The lowest BCUT2D eigenvalue weighted by Gasteiger charge is -2.11. The first-order chi connectivity index (χ1) is 9.27. The molecule has 0 saturated carbocycles. The van der Waals surface area contributed by atoms with Gasteiger partial charge < -0.3 is 0 Å². The van der Waals surface area contributed by atoms with Crippen molar-refractivity contribution >= 4 is 15.8 Å². The number of Topliss-reactive ketones (excluding diaryl/α,β-unsaturated/α-hetero) is 1. The van der Waals surface area contributed by atoms with Crippen LogP contribution in [0.25, 0.3) is 0 Å². The SMILES string of the molecule is CCC(=O)c1ccc(C)c(S(=O)(=O)NCCC(C)C)c1. The fourth-order valence-electron chi connectivity index (χ4n) is 1.83. The minimum atomic E-state index is -3.55. The van der Waals surface area contributed by atoms with Crippen LogP contribution in [0, 0.1) is 12.8 Å². The number of sulfonamides is 1. The Balaban J connectivity index is 3.01. The smallest absolute Gasteiger partial charge is 0.240 e. The molecular weight excluding hydrogens is 274 g/mol. The summed E-state index contributed by atoms with van der Waals surface area (Å²) in [7, 11) is -3.55. The Labute approximate surface area is 121 Å². The molecule has 4 nitrogen and oxygen atoms in total. The van der Waals surface area contributed by atoms with Crippen LogP contribution in [0.1, 0.15) is 49.5 Å². The molecular formula is C15H23NO3S. The topological polar surface area (TPSA) is 63.2 Å². The van der Waals surface area contributed by atoms with Gasteiger partial charge in [-0.25, -0.2) is 13.1 Å². The second-order valence-corrected chi connectivity index (χ2v) is 7.07. The van der Waals surface area contributed by atoms with E-state index in [4.69, 9.17) is 0 Å². The van der Waals surface area contributed by atoms with Crippen molar-refractivity contribution in [2.45, 2.75) is 45.4 Å². The Hall–Kier alpha value is -1.20. The van der Waals surface area contributed by atoms with E-state index in [9.17, 15) is 13.2 Å². The molecule has 112 valence electrons. The van der Waals surface area contributed by atoms with E-state index < -0.39 is 10.0 Å². The average Bonchev–Trinajstić information content (AvgIpc) is 2.37. The minimum absolute atomic E-state index is 0.0522. The highest BCUT2D eigenvalue weighted by atomic mass is 32.2. The molecule has 0 radical (unpaired) electrons. The summed E-state index contributed by atoms with van der Waals surface area (Å²) in [5, 5.41) is 0. The molecule has 0 heterocycles. The van der Waals surface area contributed by atoms with Crippen molar-refractivity contribution in [3.63, 3.8) is 0 Å². The molecule has 0 unspecified atom stereocenters. The molecule has 0 fully saturated rings. The molecule has 0 aromatic heterocycles. The minimum Gasteiger partial charge on any atom is -0.294 e. The number of carbonyl (C=O) groups excluding carboxylic acids is 1. The second-order valence-electron chi connectivity index (χ2n) is 5.34. The molecule has 1 aromatic carbocycles. The Morgan fingerprint density at radius 3 is 2.50 bits per heavy atom. The lowest BCUT2D eigenvalue weighted by molar-refractivity contribution is 0.0988. The fraction of sp³-hybridized carbons (Fsp3) is 0.533. The van der Waals surface area contributed by atoms with E-state index >= 15 is 0 Å². The van der Waals surface area contributed by atoms with Gasteiger partial charge >= 0.3 is 0 Å². The molecule has 0 aliphatic rings. The molecule has 0 saturated heterocycles. The van der Waals surface area contributed by atoms with E-state index in [2.05, 4.69) is 4.72 Å². The lowest BCUT2D eigenvalue weighted by atomic mass is 10.1. The summed E-state index contributed by atoms with van der Waals surface area (Å²) in [6.45, 7) is 7.99. The van der Waals surface area contributed by atoms with E-state index in [1.165, 1.54) is 6.07 Å². The number of aryl methyl sites for hydroxylation is 1. The number of rotatable bonds is 7. The molecule has 0 spiro atoms. The Kier molecular flexibility index (Phi) is 5.89. The predicted molar refractivity (Wildman–Crippen MR) is 80.4 cm³/mol. The van der Waals surface area contributed by atoms with Crippen molar-refractivity contribution in [2.24, 2.45) is 5.92 Å². The molecule has 20 heavy (non-hydrogen) atoms. The van der Waals surface area contributed by atoms with Crippen LogP contribution in [-0.2, 0) is 10.0 Å². The molecule has 1 aromatic rings. The van der Waals surface area contributed by atoms with Crippen molar-refractivity contribution in [1.29, 1.82) is 0 Å². The van der Waals surface area contributed by atoms with Crippen molar-refractivity contribution in [2.75, 3.05) is 6.54 Å². The van der Waals surface area contributed by atoms with Gasteiger partial charge in [-0.1, -0.05) is 32.9 Å². The van der Waals surface area contributed by atoms with Crippen LogP contribution in [0.15, 0.2) is 23.1 Å². The number of carbonyl (C=O) groups is 1. The van der Waals surface area contributed by atoms with Gasteiger partial charge in [0.1, 0.15) is 0 Å². The van der Waals surface area contributed by atoms with Gasteiger partial charge in [-0.3, -0.25) is 4.79 Å². The summed E-state index contributed by atoms with van der Waals surface area (Å²) in [6.07, 6.45) is 1.15. The third-order valence-corrected chi connectivity index (χ3v) is 4.74. The van der Waals surface area contributed by atoms with Gasteiger partial charge in [-0.2, -0.15) is 0 Å². The maximum atomic E-state index is 12.3.